The Morgan fingerprint density at radius 3 is 3.12 bits per heavy atom. The van der Waals surface area contributed by atoms with Crippen LogP contribution in [0.5, 0.6) is 0 Å². The van der Waals surface area contributed by atoms with Crippen molar-refractivity contribution in [2.75, 3.05) is 19.0 Å². The molecule has 1 aromatic carbocycles. The minimum Gasteiger partial charge on any atom is -0.381 e. The van der Waals surface area contributed by atoms with Crippen molar-refractivity contribution < 1.29 is 9.53 Å². The molecule has 1 atom stereocenters. The molecule has 92 valence electrons. The van der Waals surface area contributed by atoms with E-state index in [1.54, 1.807) is 11.8 Å². The van der Waals surface area contributed by atoms with Crippen molar-refractivity contribution in [3.8, 4) is 0 Å². The van der Waals surface area contributed by atoms with Crippen LogP contribution in [0.15, 0.2) is 33.6 Å². The molecule has 2 nitrogen and oxygen atoms in total. The van der Waals surface area contributed by atoms with Gasteiger partial charge in [-0.05, 0) is 31.0 Å². The zero-order valence-corrected chi connectivity index (χ0v) is 11.9. The molecule has 1 fully saturated rings. The highest BCUT2D eigenvalue weighted by atomic mass is 79.9. The Labute approximate surface area is 114 Å². The first kappa shape index (κ1) is 13.1. The number of rotatable bonds is 4. The molecule has 17 heavy (non-hydrogen) atoms. The first-order chi connectivity index (χ1) is 8.25. The van der Waals surface area contributed by atoms with Gasteiger partial charge in [0.1, 0.15) is 5.78 Å². The first-order valence-corrected chi connectivity index (χ1v) is 7.52. The van der Waals surface area contributed by atoms with Crippen LogP contribution in [-0.4, -0.2) is 24.7 Å². The van der Waals surface area contributed by atoms with Crippen LogP contribution in [-0.2, 0) is 9.53 Å². The molecule has 1 unspecified atom stereocenters. The molecular weight excluding hydrogens is 300 g/mol. The summed E-state index contributed by atoms with van der Waals surface area (Å²) in [5.74, 6) is 0.975. The topological polar surface area (TPSA) is 26.3 Å². The Morgan fingerprint density at radius 1 is 1.53 bits per heavy atom. The average Bonchev–Trinajstić information content (AvgIpc) is 2.37. The van der Waals surface area contributed by atoms with E-state index < -0.39 is 0 Å². The van der Waals surface area contributed by atoms with Gasteiger partial charge >= 0.3 is 0 Å². The molecule has 2 rings (SSSR count). The van der Waals surface area contributed by atoms with Crippen LogP contribution in [0, 0.1) is 5.92 Å². The van der Waals surface area contributed by atoms with E-state index in [4.69, 9.17) is 4.74 Å². The van der Waals surface area contributed by atoms with Crippen molar-refractivity contribution in [2.45, 2.75) is 17.7 Å². The van der Waals surface area contributed by atoms with Crippen molar-refractivity contribution in [2.24, 2.45) is 5.92 Å². The van der Waals surface area contributed by atoms with Gasteiger partial charge in [-0.3, -0.25) is 4.79 Å². The van der Waals surface area contributed by atoms with Gasteiger partial charge in [-0.2, -0.15) is 0 Å². The van der Waals surface area contributed by atoms with Crippen molar-refractivity contribution in [1.29, 1.82) is 0 Å². The summed E-state index contributed by atoms with van der Waals surface area (Å²) in [6.45, 7) is 1.42. The molecule has 4 heteroatoms. The van der Waals surface area contributed by atoms with E-state index in [1.807, 2.05) is 24.3 Å². The minimum absolute atomic E-state index is 0.114. The lowest BCUT2D eigenvalue weighted by molar-refractivity contribution is -0.124. The molecule has 0 amide bonds. The van der Waals surface area contributed by atoms with Crippen LogP contribution >= 0.6 is 27.7 Å². The summed E-state index contributed by atoms with van der Waals surface area (Å²) in [6.07, 6.45) is 2.00. The van der Waals surface area contributed by atoms with E-state index in [0.29, 0.717) is 18.1 Å². The minimum atomic E-state index is 0.114. The fourth-order valence-electron chi connectivity index (χ4n) is 1.82. The lowest BCUT2D eigenvalue weighted by Crippen LogP contribution is -2.26. The highest BCUT2D eigenvalue weighted by molar-refractivity contribution is 9.10. The van der Waals surface area contributed by atoms with Gasteiger partial charge in [-0.1, -0.05) is 22.0 Å². The van der Waals surface area contributed by atoms with Crippen LogP contribution in [0.25, 0.3) is 0 Å². The predicted molar refractivity (Wildman–Crippen MR) is 73.4 cm³/mol. The fraction of sp³-hybridized carbons (Fsp3) is 0.462. The van der Waals surface area contributed by atoms with Gasteiger partial charge in [0.25, 0.3) is 0 Å². The largest absolute Gasteiger partial charge is 0.381 e. The Kier molecular flexibility index (Phi) is 5.07. The number of Topliss-reactive ketones (excluding diaryl/α,β-unsaturated/α-hetero) is 1. The zero-order chi connectivity index (χ0) is 12.1. The molecule has 0 aliphatic carbocycles. The molecule has 1 aliphatic heterocycles. The summed E-state index contributed by atoms with van der Waals surface area (Å²) in [4.78, 5) is 13.1. The Hall–Kier alpha value is -0.320. The molecular formula is C13H15BrO2S. The standard InChI is InChI=1S/C13H15BrO2S/c14-11-4-1-5-12(7-11)17-9-13(15)10-3-2-6-16-8-10/h1,4-5,7,10H,2-3,6,8-9H2. The number of thioether (sulfide) groups is 1. The van der Waals surface area contributed by atoms with E-state index >= 15 is 0 Å². The molecule has 0 aromatic heterocycles. The van der Waals surface area contributed by atoms with Crippen molar-refractivity contribution in [3.05, 3.63) is 28.7 Å². The van der Waals surface area contributed by atoms with Gasteiger partial charge in [-0.25, -0.2) is 0 Å². The number of hydrogen-bond acceptors (Lipinski definition) is 3. The van der Waals surface area contributed by atoms with Gasteiger partial charge in [0.05, 0.1) is 12.4 Å². The van der Waals surface area contributed by atoms with E-state index in [9.17, 15) is 4.79 Å². The number of carbonyl (C=O) groups excluding carboxylic acids is 1. The maximum Gasteiger partial charge on any atom is 0.148 e. The Bertz CT molecular complexity index is 389. The number of benzene rings is 1. The van der Waals surface area contributed by atoms with E-state index in [-0.39, 0.29) is 5.92 Å². The third-order valence-corrected chi connectivity index (χ3v) is 4.30. The molecule has 1 saturated heterocycles. The van der Waals surface area contributed by atoms with Gasteiger partial charge in [0, 0.05) is 21.9 Å². The van der Waals surface area contributed by atoms with Gasteiger partial charge in [0.15, 0.2) is 0 Å². The maximum absolute atomic E-state index is 11.9. The van der Waals surface area contributed by atoms with Crippen LogP contribution in [0.2, 0.25) is 0 Å². The van der Waals surface area contributed by atoms with E-state index in [1.165, 1.54) is 0 Å². The monoisotopic (exact) mass is 314 g/mol. The van der Waals surface area contributed by atoms with E-state index in [2.05, 4.69) is 15.9 Å². The maximum atomic E-state index is 11.9. The second-order valence-electron chi connectivity index (χ2n) is 4.13. The van der Waals surface area contributed by atoms with Crippen molar-refractivity contribution in [1.82, 2.24) is 0 Å². The fourth-order valence-corrected chi connectivity index (χ4v) is 3.30. The lowest BCUT2D eigenvalue weighted by atomic mass is 9.99. The summed E-state index contributed by atoms with van der Waals surface area (Å²) >= 11 is 5.03. The predicted octanol–water partition coefficient (Wildman–Crippen LogP) is 3.54. The summed E-state index contributed by atoms with van der Waals surface area (Å²) in [5, 5.41) is 0. The summed E-state index contributed by atoms with van der Waals surface area (Å²) in [7, 11) is 0. The Morgan fingerprint density at radius 2 is 2.41 bits per heavy atom. The van der Waals surface area contributed by atoms with Crippen LogP contribution in [0.1, 0.15) is 12.8 Å². The van der Waals surface area contributed by atoms with Crippen LogP contribution < -0.4 is 0 Å². The Balaban J connectivity index is 1.83. The number of ether oxygens (including phenoxy) is 1. The SMILES string of the molecule is O=C(CSc1cccc(Br)c1)C1CCCOC1. The van der Waals surface area contributed by atoms with E-state index in [0.717, 1.165) is 28.8 Å². The number of halogens is 1. The second kappa shape index (κ2) is 6.57. The van der Waals surface area contributed by atoms with Crippen molar-refractivity contribution in [3.63, 3.8) is 0 Å². The number of ketones is 1. The molecule has 1 aliphatic rings. The number of hydrogen-bond donors (Lipinski definition) is 0. The van der Waals surface area contributed by atoms with Gasteiger partial charge in [0.2, 0.25) is 0 Å². The molecule has 0 bridgehead atoms. The normalized spacial score (nSPS) is 20.2. The summed E-state index contributed by atoms with van der Waals surface area (Å²) < 4.78 is 6.39. The highest BCUT2D eigenvalue weighted by Gasteiger charge is 2.21. The number of carbonyl (C=O) groups is 1. The average molecular weight is 315 g/mol. The molecule has 0 N–H and O–H groups in total. The molecule has 1 heterocycles. The highest BCUT2D eigenvalue weighted by Crippen LogP contribution is 2.24. The van der Waals surface area contributed by atoms with Crippen molar-refractivity contribution >= 4 is 33.5 Å². The smallest absolute Gasteiger partial charge is 0.148 e. The van der Waals surface area contributed by atoms with Gasteiger partial charge < -0.3 is 4.74 Å². The van der Waals surface area contributed by atoms with Crippen LogP contribution in [0.3, 0.4) is 0 Å². The third-order valence-electron chi connectivity index (χ3n) is 2.79. The molecule has 0 saturated carbocycles. The first-order valence-electron chi connectivity index (χ1n) is 5.74. The lowest BCUT2D eigenvalue weighted by Gasteiger charge is -2.20. The second-order valence-corrected chi connectivity index (χ2v) is 6.09. The molecule has 1 aromatic rings. The molecule has 0 radical (unpaired) electrons. The quantitative estimate of drug-likeness (QED) is 0.795. The summed E-state index contributed by atoms with van der Waals surface area (Å²) in [5.41, 5.74) is 0. The van der Waals surface area contributed by atoms with Crippen LogP contribution in [0.4, 0.5) is 0 Å². The molecule has 0 spiro atoms. The third kappa shape index (κ3) is 4.12. The zero-order valence-electron chi connectivity index (χ0n) is 9.52. The van der Waals surface area contributed by atoms with Gasteiger partial charge in [-0.15, -0.1) is 11.8 Å². The summed E-state index contributed by atoms with van der Waals surface area (Å²) in [6, 6.07) is 8.04.